The number of halogens is 4. The molecule has 4 nitrogen and oxygen atoms in total. The lowest BCUT2D eigenvalue weighted by Gasteiger charge is -2.07. The Morgan fingerprint density at radius 1 is 1.10 bits per heavy atom. The predicted octanol–water partition coefficient (Wildman–Crippen LogP) is 4.14. The number of alkyl halides is 3. The molecule has 0 fully saturated rings. The van der Waals surface area contributed by atoms with Crippen molar-refractivity contribution in [3.8, 4) is 11.5 Å². The van der Waals surface area contributed by atoms with Crippen LogP contribution in [0.15, 0.2) is 34.7 Å². The highest BCUT2D eigenvalue weighted by atomic mass is 35.5. The summed E-state index contributed by atoms with van der Waals surface area (Å²) in [5, 5.41) is 1.15. The quantitative estimate of drug-likeness (QED) is 0.733. The highest BCUT2D eigenvalue weighted by Gasteiger charge is 2.33. The molecule has 0 radical (unpaired) electrons. The first kappa shape index (κ1) is 13.7. The summed E-state index contributed by atoms with van der Waals surface area (Å²) < 4.78 is 43.6. The average molecular weight is 314 g/mol. The van der Waals surface area contributed by atoms with Crippen molar-refractivity contribution in [1.29, 1.82) is 0 Å². The normalized spacial score (nSPS) is 12.0. The molecule has 2 N–H and O–H groups in total. The van der Waals surface area contributed by atoms with E-state index in [1.807, 2.05) is 0 Å². The van der Waals surface area contributed by atoms with E-state index < -0.39 is 17.8 Å². The van der Waals surface area contributed by atoms with Crippen molar-refractivity contribution >= 4 is 28.5 Å². The Morgan fingerprint density at radius 2 is 1.86 bits per heavy atom. The Bertz CT molecular complexity index is 829. The minimum atomic E-state index is -4.61. The zero-order valence-electron chi connectivity index (χ0n) is 10.3. The van der Waals surface area contributed by atoms with Gasteiger partial charge in [-0.1, -0.05) is 11.6 Å². The van der Waals surface area contributed by atoms with Crippen molar-refractivity contribution in [1.82, 2.24) is 9.97 Å². The van der Waals surface area contributed by atoms with Gasteiger partial charge in [0.2, 0.25) is 5.95 Å². The second-order valence-corrected chi connectivity index (χ2v) is 4.72. The maximum atomic E-state index is 12.7. The molecular formula is C13H7ClF3N3O. The summed E-state index contributed by atoms with van der Waals surface area (Å²) in [5.41, 5.74) is 4.65. The van der Waals surface area contributed by atoms with Gasteiger partial charge < -0.3 is 10.2 Å². The molecule has 8 heteroatoms. The second-order valence-electron chi connectivity index (χ2n) is 4.29. The lowest BCUT2D eigenvalue weighted by molar-refractivity contribution is -0.141. The minimum absolute atomic E-state index is 0.0397. The SMILES string of the molecule is Nc1nc(-c2cc3cc(Cl)ccc3o2)cc(C(F)(F)F)n1. The topological polar surface area (TPSA) is 64.9 Å². The first-order chi connectivity index (χ1) is 9.83. The summed E-state index contributed by atoms with van der Waals surface area (Å²) >= 11 is 5.85. The van der Waals surface area contributed by atoms with Crippen LogP contribution in [0.2, 0.25) is 5.02 Å². The Balaban J connectivity index is 2.16. The Labute approximate surface area is 121 Å². The van der Waals surface area contributed by atoms with Gasteiger partial charge in [-0.05, 0) is 30.3 Å². The Kier molecular flexibility index (Phi) is 3.02. The number of rotatable bonds is 1. The number of furan rings is 1. The third-order valence-corrected chi connectivity index (χ3v) is 3.00. The minimum Gasteiger partial charge on any atom is -0.454 e. The molecular weight excluding hydrogens is 307 g/mol. The van der Waals surface area contributed by atoms with Crippen molar-refractivity contribution in [3.63, 3.8) is 0 Å². The summed E-state index contributed by atoms with van der Waals surface area (Å²) in [6, 6.07) is 7.21. The molecule has 2 aromatic heterocycles. The summed E-state index contributed by atoms with van der Waals surface area (Å²) in [4.78, 5) is 6.95. The molecule has 0 saturated heterocycles. The van der Waals surface area contributed by atoms with E-state index in [2.05, 4.69) is 9.97 Å². The van der Waals surface area contributed by atoms with Gasteiger partial charge in [0, 0.05) is 10.4 Å². The summed E-state index contributed by atoms with van der Waals surface area (Å²) in [6.45, 7) is 0. The van der Waals surface area contributed by atoms with Crippen molar-refractivity contribution in [3.05, 3.63) is 41.0 Å². The number of nitrogens with zero attached hydrogens (tertiary/aromatic N) is 2. The van der Waals surface area contributed by atoms with Crippen LogP contribution in [0.1, 0.15) is 5.69 Å². The van der Waals surface area contributed by atoms with Crippen LogP contribution in [0.25, 0.3) is 22.4 Å². The molecule has 0 bridgehead atoms. The molecule has 0 saturated carbocycles. The standard InChI is InChI=1S/C13H7ClF3N3O/c14-7-1-2-9-6(3-7)4-10(21-9)8-5-11(13(15,16)17)20-12(18)19-8/h1-5H,(H2,18,19,20). The Hall–Kier alpha value is -2.28. The molecule has 0 amide bonds. The van der Waals surface area contributed by atoms with Gasteiger partial charge in [0.25, 0.3) is 0 Å². The molecule has 0 atom stereocenters. The first-order valence-corrected chi connectivity index (χ1v) is 6.12. The molecule has 0 unspecified atom stereocenters. The van der Waals surface area contributed by atoms with E-state index in [9.17, 15) is 13.2 Å². The van der Waals surface area contributed by atoms with E-state index in [4.69, 9.17) is 21.8 Å². The van der Waals surface area contributed by atoms with Crippen LogP contribution < -0.4 is 5.73 Å². The van der Waals surface area contributed by atoms with Crippen molar-refractivity contribution < 1.29 is 17.6 Å². The number of nitrogen functional groups attached to an aromatic ring is 1. The average Bonchev–Trinajstić information content (AvgIpc) is 2.80. The maximum Gasteiger partial charge on any atom is 0.433 e. The van der Waals surface area contributed by atoms with Crippen LogP contribution in [0, 0.1) is 0 Å². The molecule has 108 valence electrons. The fraction of sp³-hybridized carbons (Fsp3) is 0.0769. The largest absolute Gasteiger partial charge is 0.454 e. The van der Waals surface area contributed by atoms with Crippen LogP contribution in [0.3, 0.4) is 0 Å². The monoisotopic (exact) mass is 313 g/mol. The van der Waals surface area contributed by atoms with E-state index in [1.165, 1.54) is 0 Å². The van der Waals surface area contributed by atoms with Gasteiger partial charge in [0.05, 0.1) is 0 Å². The van der Waals surface area contributed by atoms with Crippen LogP contribution in [0.4, 0.5) is 19.1 Å². The predicted molar refractivity (Wildman–Crippen MR) is 71.7 cm³/mol. The zero-order valence-corrected chi connectivity index (χ0v) is 11.0. The molecule has 0 spiro atoms. The summed E-state index contributed by atoms with van der Waals surface area (Å²) in [6.07, 6.45) is -4.61. The van der Waals surface area contributed by atoms with Gasteiger partial charge in [-0.25, -0.2) is 9.97 Å². The van der Waals surface area contributed by atoms with E-state index in [-0.39, 0.29) is 11.5 Å². The van der Waals surface area contributed by atoms with Crippen LogP contribution in [0.5, 0.6) is 0 Å². The zero-order chi connectivity index (χ0) is 15.2. The number of hydrogen-bond donors (Lipinski definition) is 1. The molecule has 3 rings (SSSR count). The molecule has 21 heavy (non-hydrogen) atoms. The molecule has 3 aromatic rings. The highest BCUT2D eigenvalue weighted by Crippen LogP contribution is 2.33. The third-order valence-electron chi connectivity index (χ3n) is 2.76. The molecule has 0 aliphatic rings. The van der Waals surface area contributed by atoms with Gasteiger partial charge >= 0.3 is 6.18 Å². The van der Waals surface area contributed by atoms with Gasteiger partial charge in [-0.2, -0.15) is 13.2 Å². The van der Waals surface area contributed by atoms with Crippen LogP contribution >= 0.6 is 11.6 Å². The van der Waals surface area contributed by atoms with Gasteiger partial charge in [0.15, 0.2) is 11.5 Å². The van der Waals surface area contributed by atoms with E-state index >= 15 is 0 Å². The number of hydrogen-bond acceptors (Lipinski definition) is 4. The highest BCUT2D eigenvalue weighted by molar-refractivity contribution is 6.31. The molecule has 2 heterocycles. The smallest absolute Gasteiger partial charge is 0.433 e. The van der Waals surface area contributed by atoms with Crippen molar-refractivity contribution in [2.24, 2.45) is 0 Å². The molecule has 0 aliphatic heterocycles. The second kappa shape index (κ2) is 4.63. The van der Waals surface area contributed by atoms with Crippen molar-refractivity contribution in [2.45, 2.75) is 6.18 Å². The van der Waals surface area contributed by atoms with E-state index in [1.54, 1.807) is 24.3 Å². The van der Waals surface area contributed by atoms with Crippen LogP contribution in [-0.4, -0.2) is 9.97 Å². The number of nitrogens with two attached hydrogens (primary N) is 1. The fourth-order valence-corrected chi connectivity index (χ4v) is 2.06. The molecule has 0 aliphatic carbocycles. The number of benzene rings is 1. The molecule has 1 aromatic carbocycles. The van der Waals surface area contributed by atoms with Gasteiger partial charge in [-0.3, -0.25) is 0 Å². The van der Waals surface area contributed by atoms with E-state index in [0.717, 1.165) is 6.07 Å². The number of anilines is 1. The van der Waals surface area contributed by atoms with Crippen molar-refractivity contribution in [2.75, 3.05) is 5.73 Å². The van der Waals surface area contributed by atoms with Gasteiger partial charge in [-0.15, -0.1) is 0 Å². The lowest BCUT2D eigenvalue weighted by atomic mass is 10.2. The van der Waals surface area contributed by atoms with E-state index in [0.29, 0.717) is 16.0 Å². The fourth-order valence-electron chi connectivity index (χ4n) is 1.88. The maximum absolute atomic E-state index is 12.7. The number of fused-ring (bicyclic) bond motifs is 1. The Morgan fingerprint density at radius 3 is 2.57 bits per heavy atom. The third kappa shape index (κ3) is 2.64. The summed E-state index contributed by atoms with van der Waals surface area (Å²) in [7, 11) is 0. The lowest BCUT2D eigenvalue weighted by Crippen LogP contribution is -2.11. The summed E-state index contributed by atoms with van der Waals surface area (Å²) in [5.74, 6) is -0.315. The van der Waals surface area contributed by atoms with Gasteiger partial charge in [0.1, 0.15) is 11.3 Å². The number of aromatic nitrogens is 2. The van der Waals surface area contributed by atoms with Crippen LogP contribution in [-0.2, 0) is 6.18 Å². The first-order valence-electron chi connectivity index (χ1n) is 5.74.